The molecule has 0 aliphatic carbocycles. The van der Waals surface area contributed by atoms with Gasteiger partial charge in [0.2, 0.25) is 0 Å². The van der Waals surface area contributed by atoms with Crippen molar-refractivity contribution in [3.63, 3.8) is 0 Å². The van der Waals surface area contributed by atoms with E-state index in [2.05, 4.69) is 168 Å². The van der Waals surface area contributed by atoms with Crippen LogP contribution in [-0.2, 0) is 0 Å². The molecule has 6 nitrogen and oxygen atoms in total. The maximum atomic E-state index is 6.63. The van der Waals surface area contributed by atoms with Gasteiger partial charge in [0, 0.05) is 80.4 Å². The summed E-state index contributed by atoms with van der Waals surface area (Å²) in [4.78, 5) is 15.5. The van der Waals surface area contributed by atoms with Gasteiger partial charge < -0.3 is 13.4 Å². The third-order valence-corrected chi connectivity index (χ3v) is 15.0. The van der Waals surface area contributed by atoms with Crippen molar-refractivity contribution in [2.75, 3.05) is 0 Å². The van der Waals surface area contributed by atoms with E-state index < -0.39 is 0 Å². The van der Waals surface area contributed by atoms with Crippen molar-refractivity contribution in [2.45, 2.75) is 0 Å². The summed E-state index contributed by atoms with van der Waals surface area (Å²) in [6.07, 6.45) is 0. The second-order valence-electron chi connectivity index (χ2n) is 17.9. The number of para-hydroxylation sites is 4. The highest BCUT2D eigenvalue weighted by Gasteiger charge is 2.21. The van der Waals surface area contributed by atoms with Crippen LogP contribution in [0.5, 0.6) is 0 Å². The van der Waals surface area contributed by atoms with E-state index in [9.17, 15) is 0 Å². The fourth-order valence-corrected chi connectivity index (χ4v) is 11.8. The van der Waals surface area contributed by atoms with Gasteiger partial charge in [-0.3, -0.25) is 0 Å². The molecule has 0 atom stereocenters. The smallest absolute Gasteiger partial charge is 0.164 e. The molecular weight excluding hydrogens is 877 g/mol. The standard InChI is InChI=1S/C63H36N4O2S/c1-2-13-38(14-3-1)61-64-62(39-29-27-37(28-30-39)43-19-10-20-47-46-17-6-9-24-53(46)69-60(43)47)66-63(65-61)48-21-11-25-55-58(48)49-35-40(31-33-54(49)68-55)42-18-12-26-57-59(42)50-36-41(32-34-56(50)70-57)67-51-22-7-4-15-44(51)45-16-5-8-23-52(45)67/h1-36H. The summed E-state index contributed by atoms with van der Waals surface area (Å²) < 4.78 is 17.9. The van der Waals surface area contributed by atoms with Gasteiger partial charge in [0.1, 0.15) is 22.3 Å². The quantitative estimate of drug-likeness (QED) is 0.166. The minimum absolute atomic E-state index is 0.571. The number of fused-ring (bicyclic) bond motifs is 12. The van der Waals surface area contributed by atoms with Gasteiger partial charge in [-0.2, -0.15) is 0 Å². The number of thiophene rings is 1. The molecule has 0 aliphatic heterocycles. The highest BCUT2D eigenvalue weighted by Crippen LogP contribution is 2.45. The largest absolute Gasteiger partial charge is 0.456 e. The molecule has 0 saturated heterocycles. The minimum Gasteiger partial charge on any atom is -0.456 e. The van der Waals surface area contributed by atoms with Crippen LogP contribution in [0.2, 0.25) is 0 Å². The Morgan fingerprint density at radius 1 is 0.329 bits per heavy atom. The van der Waals surface area contributed by atoms with E-state index in [1.165, 1.54) is 47.5 Å². The Labute approximate surface area is 404 Å². The van der Waals surface area contributed by atoms with E-state index in [1.54, 1.807) is 0 Å². The number of hydrogen-bond acceptors (Lipinski definition) is 6. The van der Waals surface area contributed by atoms with E-state index in [4.69, 9.17) is 23.8 Å². The molecule has 0 amide bonds. The molecular formula is C63H36N4O2S. The van der Waals surface area contributed by atoms with Gasteiger partial charge in [0.05, 0.1) is 11.0 Å². The molecule has 5 aromatic heterocycles. The molecule has 0 unspecified atom stereocenters. The van der Waals surface area contributed by atoms with E-state index in [1.807, 2.05) is 65.9 Å². The van der Waals surface area contributed by atoms with Gasteiger partial charge in [0.15, 0.2) is 17.5 Å². The highest BCUT2D eigenvalue weighted by molar-refractivity contribution is 7.26. The molecule has 5 heterocycles. The minimum atomic E-state index is 0.571. The average molecular weight is 913 g/mol. The molecule has 7 heteroatoms. The van der Waals surface area contributed by atoms with Crippen molar-refractivity contribution < 1.29 is 8.83 Å². The maximum Gasteiger partial charge on any atom is 0.164 e. The summed E-state index contributed by atoms with van der Waals surface area (Å²) in [7, 11) is 0. The van der Waals surface area contributed by atoms with E-state index in [0.717, 1.165) is 82.9 Å². The Bertz CT molecular complexity index is 4550. The molecule has 15 aromatic rings. The van der Waals surface area contributed by atoms with E-state index in [0.29, 0.717) is 17.5 Å². The van der Waals surface area contributed by atoms with Crippen molar-refractivity contribution in [3.05, 3.63) is 218 Å². The van der Waals surface area contributed by atoms with Crippen LogP contribution in [0, 0.1) is 0 Å². The topological polar surface area (TPSA) is 69.9 Å². The van der Waals surface area contributed by atoms with Crippen LogP contribution in [-0.4, -0.2) is 19.5 Å². The van der Waals surface area contributed by atoms with Crippen LogP contribution in [0.25, 0.3) is 148 Å². The zero-order valence-electron chi connectivity index (χ0n) is 37.3. The molecule has 10 aromatic carbocycles. The third-order valence-electron chi connectivity index (χ3n) is 13.9. The molecule has 326 valence electrons. The van der Waals surface area contributed by atoms with Crippen molar-refractivity contribution in [1.29, 1.82) is 0 Å². The van der Waals surface area contributed by atoms with Gasteiger partial charge >= 0.3 is 0 Å². The fourth-order valence-electron chi connectivity index (χ4n) is 10.7. The number of hydrogen-bond donors (Lipinski definition) is 0. The molecule has 0 aliphatic rings. The second kappa shape index (κ2) is 15.2. The van der Waals surface area contributed by atoms with Crippen LogP contribution in [0.1, 0.15) is 0 Å². The Morgan fingerprint density at radius 2 is 0.929 bits per heavy atom. The summed E-state index contributed by atoms with van der Waals surface area (Å²) in [5, 5.41) is 9.15. The normalized spacial score (nSPS) is 12.0. The first kappa shape index (κ1) is 38.9. The number of furan rings is 2. The fraction of sp³-hybridized carbons (Fsp3) is 0. The lowest BCUT2D eigenvalue weighted by atomic mass is 9.97. The van der Waals surface area contributed by atoms with Gasteiger partial charge in [-0.15, -0.1) is 11.3 Å². The zero-order chi connectivity index (χ0) is 45.9. The molecule has 70 heavy (non-hydrogen) atoms. The summed E-state index contributed by atoms with van der Waals surface area (Å²) >= 11 is 1.84. The Kier molecular flexibility index (Phi) is 8.43. The lowest BCUT2D eigenvalue weighted by Crippen LogP contribution is -2.00. The molecule has 0 fully saturated rings. The predicted molar refractivity (Wildman–Crippen MR) is 289 cm³/mol. The van der Waals surface area contributed by atoms with Crippen LogP contribution < -0.4 is 0 Å². The first-order chi connectivity index (χ1) is 34.7. The second-order valence-corrected chi connectivity index (χ2v) is 18.9. The number of nitrogens with zero attached hydrogens (tertiary/aromatic N) is 4. The summed E-state index contributed by atoms with van der Waals surface area (Å²) in [6.45, 7) is 0. The number of rotatable bonds is 6. The zero-order valence-corrected chi connectivity index (χ0v) is 38.1. The van der Waals surface area contributed by atoms with Crippen LogP contribution in [0.15, 0.2) is 227 Å². The predicted octanol–water partition coefficient (Wildman–Crippen LogP) is 17.5. The Balaban J connectivity index is 0.873. The van der Waals surface area contributed by atoms with Crippen molar-refractivity contribution >= 4 is 97.2 Å². The Morgan fingerprint density at radius 3 is 1.74 bits per heavy atom. The highest BCUT2D eigenvalue weighted by atomic mass is 32.1. The summed E-state index contributed by atoms with van der Waals surface area (Å²) in [5.41, 5.74) is 13.9. The van der Waals surface area contributed by atoms with Crippen molar-refractivity contribution in [3.8, 4) is 62.1 Å². The summed E-state index contributed by atoms with van der Waals surface area (Å²) in [6, 6.07) is 76.7. The molecule has 0 bridgehead atoms. The molecule has 15 rings (SSSR count). The van der Waals surface area contributed by atoms with Crippen molar-refractivity contribution in [2.24, 2.45) is 0 Å². The van der Waals surface area contributed by atoms with Crippen LogP contribution in [0.3, 0.4) is 0 Å². The monoisotopic (exact) mass is 912 g/mol. The van der Waals surface area contributed by atoms with Gasteiger partial charge in [0.25, 0.3) is 0 Å². The maximum absolute atomic E-state index is 6.63. The Hall–Kier alpha value is -9.17. The van der Waals surface area contributed by atoms with Crippen LogP contribution in [0.4, 0.5) is 0 Å². The van der Waals surface area contributed by atoms with Gasteiger partial charge in [-0.05, 0) is 77.4 Å². The average Bonchev–Trinajstić information content (AvgIpc) is 4.20. The van der Waals surface area contributed by atoms with E-state index in [-0.39, 0.29) is 0 Å². The van der Waals surface area contributed by atoms with Crippen LogP contribution >= 0.6 is 11.3 Å². The molecule has 0 N–H and O–H groups in total. The number of benzene rings is 10. The molecule has 0 spiro atoms. The number of aromatic nitrogens is 4. The van der Waals surface area contributed by atoms with Gasteiger partial charge in [-0.25, -0.2) is 15.0 Å². The molecule has 0 saturated carbocycles. The summed E-state index contributed by atoms with van der Waals surface area (Å²) in [5.74, 6) is 1.75. The van der Waals surface area contributed by atoms with E-state index >= 15 is 0 Å². The first-order valence-electron chi connectivity index (χ1n) is 23.4. The SMILES string of the molecule is c1ccc(-c2nc(-c3ccc(-c4cccc5c4oc4ccccc45)cc3)nc(-c3cccc4oc5ccc(-c6cccc7sc8ccc(-n9c%10ccccc%10c%10ccccc%109)cc8c67)cc5c34)n2)cc1. The lowest BCUT2D eigenvalue weighted by Gasteiger charge is -2.10. The third kappa shape index (κ3) is 5.95. The first-order valence-corrected chi connectivity index (χ1v) is 24.2. The molecule has 0 radical (unpaired) electrons. The van der Waals surface area contributed by atoms with Crippen molar-refractivity contribution in [1.82, 2.24) is 19.5 Å². The lowest BCUT2D eigenvalue weighted by molar-refractivity contribution is 0.669. The van der Waals surface area contributed by atoms with Gasteiger partial charge in [-0.1, -0.05) is 158 Å².